The van der Waals surface area contributed by atoms with E-state index in [2.05, 4.69) is 18.3 Å². The van der Waals surface area contributed by atoms with Crippen LogP contribution in [-0.4, -0.2) is 23.0 Å². The zero-order valence-corrected chi connectivity index (χ0v) is 12.2. The van der Waals surface area contributed by atoms with Gasteiger partial charge >= 0.3 is 0 Å². The van der Waals surface area contributed by atoms with Gasteiger partial charge in [0.2, 0.25) is 0 Å². The van der Waals surface area contributed by atoms with Crippen LogP contribution in [0.15, 0.2) is 23.1 Å². The maximum absolute atomic E-state index is 8.97. The molecule has 2 rings (SSSR count). The molecule has 0 radical (unpaired) electrons. The minimum absolute atomic E-state index is 0.247. The Morgan fingerprint density at radius 1 is 1.50 bits per heavy atom. The van der Waals surface area contributed by atoms with Gasteiger partial charge in [-0.1, -0.05) is 18.5 Å². The molecule has 1 aromatic carbocycles. The van der Waals surface area contributed by atoms with Gasteiger partial charge in [-0.25, -0.2) is 0 Å². The van der Waals surface area contributed by atoms with Crippen LogP contribution in [-0.2, 0) is 6.54 Å². The number of thioether (sulfide) groups is 1. The van der Waals surface area contributed by atoms with E-state index in [9.17, 15) is 0 Å². The van der Waals surface area contributed by atoms with Gasteiger partial charge in [0.25, 0.3) is 0 Å². The summed E-state index contributed by atoms with van der Waals surface area (Å²) in [7, 11) is 0. The van der Waals surface area contributed by atoms with Crippen molar-refractivity contribution in [3.63, 3.8) is 0 Å². The van der Waals surface area contributed by atoms with Crippen LogP contribution < -0.4 is 5.32 Å². The first-order chi connectivity index (χ1) is 8.69. The Balaban J connectivity index is 2.01. The molecular formula is C14H20ClNOS. The van der Waals surface area contributed by atoms with E-state index in [1.165, 1.54) is 23.3 Å². The minimum Gasteiger partial charge on any atom is -0.396 e. The minimum atomic E-state index is 0.247. The van der Waals surface area contributed by atoms with Gasteiger partial charge in [-0.3, -0.25) is 0 Å². The number of halogens is 1. The van der Waals surface area contributed by atoms with Crippen molar-refractivity contribution in [1.82, 2.24) is 5.32 Å². The molecule has 0 aromatic heterocycles. The second-order valence-corrected chi connectivity index (χ2v) is 6.76. The Labute approximate surface area is 118 Å². The first-order valence-corrected chi connectivity index (χ1v) is 7.74. The van der Waals surface area contributed by atoms with Gasteiger partial charge in [0.05, 0.1) is 0 Å². The molecule has 0 saturated heterocycles. The van der Waals surface area contributed by atoms with E-state index in [1.807, 2.05) is 23.9 Å². The van der Waals surface area contributed by atoms with Gasteiger partial charge in [0, 0.05) is 34.4 Å². The third kappa shape index (κ3) is 4.47. The number of aliphatic hydroxyl groups is 1. The predicted molar refractivity (Wildman–Crippen MR) is 78.3 cm³/mol. The molecule has 0 spiro atoms. The molecule has 1 aliphatic rings. The summed E-state index contributed by atoms with van der Waals surface area (Å²) in [5, 5.41) is 13.7. The number of benzene rings is 1. The van der Waals surface area contributed by atoms with Gasteiger partial charge in [0.1, 0.15) is 0 Å². The fraction of sp³-hybridized carbons (Fsp3) is 0.571. The molecule has 1 unspecified atom stereocenters. The highest BCUT2D eigenvalue weighted by Gasteiger charge is 2.20. The highest BCUT2D eigenvalue weighted by atomic mass is 35.5. The third-order valence-electron chi connectivity index (χ3n) is 3.04. The molecule has 1 saturated carbocycles. The molecule has 4 heteroatoms. The summed E-state index contributed by atoms with van der Waals surface area (Å²) in [5.41, 5.74) is 1.27. The summed E-state index contributed by atoms with van der Waals surface area (Å²) in [6, 6.07) is 6.78. The zero-order valence-electron chi connectivity index (χ0n) is 10.7. The average molecular weight is 286 g/mol. The number of rotatable bonds is 7. The van der Waals surface area contributed by atoms with E-state index < -0.39 is 0 Å². The van der Waals surface area contributed by atoms with Gasteiger partial charge < -0.3 is 10.4 Å². The molecule has 1 fully saturated rings. The second kappa shape index (κ2) is 6.80. The predicted octanol–water partition coefficient (Wildman–Crippen LogP) is 3.46. The molecular weight excluding hydrogens is 266 g/mol. The van der Waals surface area contributed by atoms with Crippen LogP contribution in [0.2, 0.25) is 5.02 Å². The summed E-state index contributed by atoms with van der Waals surface area (Å²) in [6.45, 7) is 3.28. The smallest absolute Gasteiger partial charge is 0.0441 e. The van der Waals surface area contributed by atoms with E-state index in [-0.39, 0.29) is 6.61 Å². The first kappa shape index (κ1) is 14.2. The van der Waals surface area contributed by atoms with E-state index in [4.69, 9.17) is 16.7 Å². The molecule has 0 amide bonds. The van der Waals surface area contributed by atoms with E-state index >= 15 is 0 Å². The normalized spacial score (nSPS) is 16.8. The fourth-order valence-electron chi connectivity index (χ4n) is 1.80. The lowest BCUT2D eigenvalue weighted by Gasteiger charge is -2.14. The van der Waals surface area contributed by atoms with Crippen LogP contribution in [0, 0.1) is 0 Å². The van der Waals surface area contributed by atoms with E-state index in [0.29, 0.717) is 11.3 Å². The number of aliphatic hydroxyl groups excluding tert-OH is 1. The van der Waals surface area contributed by atoms with Crippen molar-refractivity contribution < 1.29 is 5.11 Å². The molecule has 1 aromatic rings. The summed E-state index contributed by atoms with van der Waals surface area (Å²) in [6.07, 6.45) is 3.41. The number of hydrogen-bond acceptors (Lipinski definition) is 3. The van der Waals surface area contributed by atoms with Crippen LogP contribution >= 0.6 is 23.4 Å². The lowest BCUT2D eigenvalue weighted by Crippen LogP contribution is -2.16. The second-order valence-electron chi connectivity index (χ2n) is 4.85. The van der Waals surface area contributed by atoms with Crippen molar-refractivity contribution in [1.29, 1.82) is 0 Å². The highest BCUT2D eigenvalue weighted by molar-refractivity contribution is 8.00. The van der Waals surface area contributed by atoms with Crippen LogP contribution in [0.1, 0.15) is 31.7 Å². The molecule has 2 nitrogen and oxygen atoms in total. The SMILES string of the molecule is CC(CCO)Sc1ccc(Cl)cc1CNC1CC1. The molecule has 1 atom stereocenters. The van der Waals surface area contributed by atoms with Gasteiger partial charge in [-0.2, -0.15) is 0 Å². The molecule has 18 heavy (non-hydrogen) atoms. The van der Waals surface area contributed by atoms with Gasteiger partial charge in [0.15, 0.2) is 0 Å². The fourth-order valence-corrected chi connectivity index (χ4v) is 3.08. The summed E-state index contributed by atoms with van der Waals surface area (Å²) < 4.78 is 0. The third-order valence-corrected chi connectivity index (χ3v) is 4.57. The first-order valence-electron chi connectivity index (χ1n) is 6.48. The van der Waals surface area contributed by atoms with Gasteiger partial charge in [-0.05, 0) is 43.0 Å². The topological polar surface area (TPSA) is 32.3 Å². The Morgan fingerprint density at radius 2 is 2.28 bits per heavy atom. The standard InChI is InChI=1S/C14H20ClNOS/c1-10(6-7-17)18-14-5-2-12(15)8-11(14)9-16-13-3-4-13/h2,5,8,10,13,16-17H,3-4,6-7,9H2,1H3. The Morgan fingerprint density at radius 3 is 2.94 bits per heavy atom. The molecule has 0 heterocycles. The molecule has 100 valence electrons. The van der Waals surface area contributed by atoms with Crippen LogP contribution in [0.5, 0.6) is 0 Å². The zero-order chi connectivity index (χ0) is 13.0. The van der Waals surface area contributed by atoms with Crippen LogP contribution in [0.25, 0.3) is 0 Å². The maximum Gasteiger partial charge on any atom is 0.0441 e. The van der Waals surface area contributed by atoms with Crippen molar-refractivity contribution in [3.8, 4) is 0 Å². The molecule has 1 aliphatic carbocycles. The molecule has 2 N–H and O–H groups in total. The molecule has 0 aliphatic heterocycles. The van der Waals surface area contributed by atoms with Crippen LogP contribution in [0.4, 0.5) is 0 Å². The lowest BCUT2D eigenvalue weighted by atomic mass is 10.2. The van der Waals surface area contributed by atoms with E-state index in [0.717, 1.165) is 18.0 Å². The lowest BCUT2D eigenvalue weighted by molar-refractivity contribution is 0.289. The molecule has 0 bridgehead atoms. The van der Waals surface area contributed by atoms with Crippen molar-refractivity contribution in [2.24, 2.45) is 0 Å². The monoisotopic (exact) mass is 285 g/mol. The van der Waals surface area contributed by atoms with Crippen molar-refractivity contribution in [2.45, 2.75) is 48.9 Å². The summed E-state index contributed by atoms with van der Waals surface area (Å²) >= 11 is 7.89. The van der Waals surface area contributed by atoms with Crippen molar-refractivity contribution >= 4 is 23.4 Å². The van der Waals surface area contributed by atoms with E-state index in [1.54, 1.807) is 0 Å². The largest absolute Gasteiger partial charge is 0.396 e. The Kier molecular flexibility index (Phi) is 5.37. The average Bonchev–Trinajstić information content (AvgIpc) is 3.14. The number of nitrogens with one attached hydrogen (secondary N) is 1. The van der Waals surface area contributed by atoms with Crippen LogP contribution in [0.3, 0.4) is 0 Å². The summed E-state index contributed by atoms with van der Waals surface area (Å²) in [4.78, 5) is 1.27. The van der Waals surface area contributed by atoms with Crippen molar-refractivity contribution in [3.05, 3.63) is 28.8 Å². The highest BCUT2D eigenvalue weighted by Crippen LogP contribution is 2.31. The van der Waals surface area contributed by atoms with Crippen molar-refractivity contribution in [2.75, 3.05) is 6.61 Å². The quantitative estimate of drug-likeness (QED) is 0.753. The Bertz CT molecular complexity index is 395. The summed E-state index contributed by atoms with van der Waals surface area (Å²) in [5.74, 6) is 0. The maximum atomic E-state index is 8.97. The number of hydrogen-bond donors (Lipinski definition) is 2. The van der Waals surface area contributed by atoms with Gasteiger partial charge in [-0.15, -0.1) is 11.8 Å². The Hall–Kier alpha value is -0.220.